The first kappa shape index (κ1) is 18.1. The van der Waals surface area contributed by atoms with E-state index in [1.54, 1.807) is 35.5 Å². The van der Waals surface area contributed by atoms with Gasteiger partial charge in [-0.05, 0) is 24.3 Å². The monoisotopic (exact) mass is 429 g/mol. The summed E-state index contributed by atoms with van der Waals surface area (Å²) in [6.45, 7) is 5.48. The van der Waals surface area contributed by atoms with Crippen molar-refractivity contribution < 1.29 is 14.4 Å². The molecule has 0 N–H and O–H groups in total. The second-order valence-corrected chi connectivity index (χ2v) is 9.04. The Morgan fingerprint density at radius 3 is 2.52 bits per heavy atom. The van der Waals surface area contributed by atoms with Gasteiger partial charge in [-0.1, -0.05) is 48.8 Å². The van der Waals surface area contributed by atoms with E-state index in [9.17, 15) is 14.4 Å². The first-order valence-electron chi connectivity index (χ1n) is 8.88. The third-order valence-corrected chi connectivity index (χ3v) is 5.86. The molecule has 0 unspecified atom stereocenters. The standard InChI is InChI=1S/C20H20BrN3O3/c1-20(2,3)17(25)16-15-14(13-8-5-9-22-24(13)16)18(26)23(19(15)27)12-7-4-6-11(21)10-12/h4-10,13-16H,1-3H3/t13-,14-,15-,16-/m0/s1. The van der Waals surface area contributed by atoms with Crippen LogP contribution in [0.3, 0.4) is 0 Å². The number of hydrazone groups is 1. The molecule has 2 saturated heterocycles. The van der Waals surface area contributed by atoms with Crippen LogP contribution in [0.15, 0.2) is 46.0 Å². The SMILES string of the molecule is CC(C)(C)C(=O)[C@@H]1[C@H]2C(=O)N(c3cccc(Br)c3)C(=O)[C@H]2[C@@H]2C=CC=NN12. The van der Waals surface area contributed by atoms with Gasteiger partial charge in [-0.3, -0.25) is 19.4 Å². The lowest BCUT2D eigenvalue weighted by Crippen LogP contribution is -2.49. The van der Waals surface area contributed by atoms with E-state index in [2.05, 4.69) is 21.0 Å². The summed E-state index contributed by atoms with van der Waals surface area (Å²) in [4.78, 5) is 41.0. The van der Waals surface area contributed by atoms with Gasteiger partial charge in [0.15, 0.2) is 5.78 Å². The van der Waals surface area contributed by atoms with Crippen LogP contribution in [0.25, 0.3) is 0 Å². The summed E-state index contributed by atoms with van der Waals surface area (Å²) in [5, 5.41) is 5.99. The summed E-state index contributed by atoms with van der Waals surface area (Å²) in [7, 11) is 0. The van der Waals surface area contributed by atoms with Gasteiger partial charge in [0.25, 0.3) is 0 Å². The summed E-state index contributed by atoms with van der Waals surface area (Å²) in [6, 6.07) is 5.96. The largest absolute Gasteiger partial charge is 0.297 e. The fourth-order valence-corrected chi connectivity index (χ4v) is 4.54. The van der Waals surface area contributed by atoms with E-state index in [0.717, 1.165) is 4.47 Å². The molecule has 0 bridgehead atoms. The van der Waals surface area contributed by atoms with Crippen molar-refractivity contribution >= 4 is 45.4 Å². The van der Waals surface area contributed by atoms with Crippen molar-refractivity contribution in [2.75, 3.05) is 4.90 Å². The van der Waals surface area contributed by atoms with Crippen LogP contribution in [-0.4, -0.2) is 40.9 Å². The van der Waals surface area contributed by atoms with Crippen LogP contribution in [0.4, 0.5) is 5.69 Å². The molecule has 0 aliphatic carbocycles. The lowest BCUT2D eigenvalue weighted by atomic mass is 9.80. The smallest absolute Gasteiger partial charge is 0.240 e. The highest BCUT2D eigenvalue weighted by Gasteiger charge is 2.64. The molecular weight excluding hydrogens is 410 g/mol. The van der Waals surface area contributed by atoms with Crippen molar-refractivity contribution in [2.45, 2.75) is 32.9 Å². The Balaban J connectivity index is 1.80. The number of ketones is 1. The molecule has 3 aliphatic heterocycles. The third kappa shape index (κ3) is 2.67. The van der Waals surface area contributed by atoms with Crippen molar-refractivity contribution in [2.24, 2.45) is 22.4 Å². The highest BCUT2D eigenvalue weighted by atomic mass is 79.9. The summed E-state index contributed by atoms with van der Waals surface area (Å²) in [6.07, 6.45) is 5.22. The van der Waals surface area contributed by atoms with Gasteiger partial charge in [-0.15, -0.1) is 0 Å². The number of hydrogen-bond donors (Lipinski definition) is 0. The van der Waals surface area contributed by atoms with Gasteiger partial charge >= 0.3 is 0 Å². The Bertz CT molecular complexity index is 902. The van der Waals surface area contributed by atoms with Crippen LogP contribution < -0.4 is 4.90 Å². The van der Waals surface area contributed by atoms with Crippen molar-refractivity contribution in [3.05, 3.63) is 40.9 Å². The van der Waals surface area contributed by atoms with Gasteiger partial charge in [-0.2, -0.15) is 5.10 Å². The number of Topliss-reactive ketones (excluding diaryl/α,β-unsaturated/α-hetero) is 1. The van der Waals surface area contributed by atoms with Gasteiger partial charge < -0.3 is 0 Å². The number of nitrogens with zero attached hydrogens (tertiary/aromatic N) is 3. The molecule has 140 valence electrons. The number of benzene rings is 1. The molecule has 4 atom stereocenters. The maximum atomic E-state index is 13.3. The van der Waals surface area contributed by atoms with Crippen LogP contribution >= 0.6 is 15.9 Å². The van der Waals surface area contributed by atoms with Crippen molar-refractivity contribution in [3.63, 3.8) is 0 Å². The molecule has 27 heavy (non-hydrogen) atoms. The number of rotatable bonds is 2. The van der Waals surface area contributed by atoms with Gasteiger partial charge in [-0.25, -0.2) is 4.90 Å². The molecule has 3 aliphatic rings. The van der Waals surface area contributed by atoms with Crippen molar-refractivity contribution in [1.29, 1.82) is 0 Å². The molecule has 0 radical (unpaired) electrons. The van der Waals surface area contributed by atoms with E-state index in [4.69, 9.17) is 0 Å². The molecule has 0 saturated carbocycles. The van der Waals surface area contributed by atoms with E-state index < -0.39 is 23.3 Å². The molecule has 4 rings (SSSR count). The highest BCUT2D eigenvalue weighted by molar-refractivity contribution is 9.10. The van der Waals surface area contributed by atoms with Crippen LogP contribution in [0, 0.1) is 17.3 Å². The molecule has 1 aromatic rings. The number of hydrogen-bond acceptors (Lipinski definition) is 5. The normalized spacial score (nSPS) is 29.3. The Morgan fingerprint density at radius 2 is 1.85 bits per heavy atom. The number of amides is 2. The van der Waals surface area contributed by atoms with Crippen LogP contribution in [-0.2, 0) is 14.4 Å². The number of imide groups is 1. The van der Waals surface area contributed by atoms with Gasteiger partial charge in [0.2, 0.25) is 11.8 Å². The summed E-state index contributed by atoms with van der Waals surface area (Å²) >= 11 is 3.39. The van der Waals surface area contributed by atoms with Crippen molar-refractivity contribution in [3.8, 4) is 0 Å². The van der Waals surface area contributed by atoms with Gasteiger partial charge in [0.1, 0.15) is 6.04 Å². The van der Waals surface area contributed by atoms with E-state index in [1.807, 2.05) is 32.9 Å². The van der Waals surface area contributed by atoms with Crippen molar-refractivity contribution in [1.82, 2.24) is 5.01 Å². The Morgan fingerprint density at radius 1 is 1.15 bits per heavy atom. The molecule has 6 nitrogen and oxygen atoms in total. The topological polar surface area (TPSA) is 70.0 Å². The molecule has 7 heteroatoms. The fraction of sp³-hybridized carbons (Fsp3) is 0.400. The Hall–Kier alpha value is -2.28. The number of fused-ring (bicyclic) bond motifs is 3. The predicted octanol–water partition coefficient (Wildman–Crippen LogP) is 2.78. The molecule has 1 aromatic carbocycles. The zero-order valence-corrected chi connectivity index (χ0v) is 16.9. The molecular formula is C20H20BrN3O3. The minimum Gasteiger partial charge on any atom is -0.297 e. The summed E-state index contributed by atoms with van der Waals surface area (Å²) in [5.41, 5.74) is -0.126. The summed E-state index contributed by atoms with van der Waals surface area (Å²) < 4.78 is 0.781. The average molecular weight is 430 g/mol. The first-order chi connectivity index (χ1) is 12.7. The molecule has 0 aromatic heterocycles. The highest BCUT2D eigenvalue weighted by Crippen LogP contribution is 2.47. The fourth-order valence-electron chi connectivity index (χ4n) is 4.15. The van der Waals surface area contributed by atoms with Gasteiger partial charge in [0.05, 0.1) is 23.6 Å². The minimum atomic E-state index is -0.741. The first-order valence-corrected chi connectivity index (χ1v) is 9.68. The number of carbonyl (C=O) groups excluding carboxylic acids is 3. The maximum absolute atomic E-state index is 13.3. The third-order valence-electron chi connectivity index (χ3n) is 5.37. The van der Waals surface area contributed by atoms with Crippen LogP contribution in [0.2, 0.25) is 0 Å². The van der Waals surface area contributed by atoms with Gasteiger partial charge in [0, 0.05) is 16.1 Å². The quantitative estimate of drug-likeness (QED) is 0.677. The van der Waals surface area contributed by atoms with Crippen LogP contribution in [0.5, 0.6) is 0 Å². The maximum Gasteiger partial charge on any atom is 0.240 e. The number of allylic oxidation sites excluding steroid dienone is 1. The Labute approximate surface area is 166 Å². The molecule has 2 fully saturated rings. The minimum absolute atomic E-state index is 0.0790. The zero-order chi connectivity index (χ0) is 19.5. The molecule has 2 amide bonds. The zero-order valence-electron chi connectivity index (χ0n) is 15.3. The van der Waals surface area contributed by atoms with E-state index in [0.29, 0.717) is 5.69 Å². The summed E-state index contributed by atoms with van der Waals surface area (Å²) in [5.74, 6) is -2.02. The van der Waals surface area contributed by atoms with E-state index in [-0.39, 0.29) is 23.6 Å². The van der Waals surface area contributed by atoms with Crippen LogP contribution in [0.1, 0.15) is 20.8 Å². The number of carbonyl (C=O) groups is 3. The molecule has 3 heterocycles. The lowest BCUT2D eigenvalue weighted by Gasteiger charge is -2.33. The predicted molar refractivity (Wildman–Crippen MR) is 105 cm³/mol. The number of halogens is 1. The van der Waals surface area contributed by atoms with E-state index >= 15 is 0 Å². The van der Waals surface area contributed by atoms with E-state index in [1.165, 1.54) is 4.90 Å². The Kier molecular flexibility index (Phi) is 4.10. The molecule has 0 spiro atoms. The second-order valence-electron chi connectivity index (χ2n) is 8.12. The number of anilines is 1. The lowest BCUT2D eigenvalue weighted by molar-refractivity contribution is -0.136. The average Bonchev–Trinajstić information content (AvgIpc) is 3.07. The second kappa shape index (κ2) is 6.12.